The summed E-state index contributed by atoms with van der Waals surface area (Å²) in [5.41, 5.74) is 1.20. The van der Waals surface area contributed by atoms with Crippen LogP contribution in [-0.4, -0.2) is 22.9 Å². The van der Waals surface area contributed by atoms with Crippen LogP contribution in [-0.2, 0) is 9.31 Å². The van der Waals surface area contributed by atoms with Gasteiger partial charge in [-0.3, -0.25) is 9.36 Å². The highest BCUT2D eigenvalue weighted by atomic mass is 19.1. The van der Waals surface area contributed by atoms with Crippen molar-refractivity contribution >= 4 is 23.4 Å². The fourth-order valence-electron chi connectivity index (χ4n) is 4.01. The Hall–Kier alpha value is -2.44. The molecule has 0 unspecified atom stereocenters. The summed E-state index contributed by atoms with van der Waals surface area (Å²) in [7, 11) is -0.524. The predicted molar refractivity (Wildman–Crippen MR) is 117 cm³/mol. The number of halogens is 1. The molecule has 6 heteroatoms. The third kappa shape index (κ3) is 3.10. The van der Waals surface area contributed by atoms with Gasteiger partial charge in [0.1, 0.15) is 5.82 Å². The van der Waals surface area contributed by atoms with Gasteiger partial charge in [0.2, 0.25) is 0 Å². The van der Waals surface area contributed by atoms with Crippen LogP contribution in [0.4, 0.5) is 4.39 Å². The second-order valence-corrected chi connectivity index (χ2v) is 9.42. The standard InChI is InChI=1S/C24H25BFNO3/c1-23(2)24(3,4)30-25(29-23)18-6-5-7-19(14-18)27-11-10-16-12-17(15-8-9-15)13-20(26)21(16)22(27)28/h5-7,10-15H,8-9H2,1-4H3. The summed E-state index contributed by atoms with van der Waals surface area (Å²) < 4.78 is 28.6. The number of fused-ring (bicyclic) bond motifs is 1. The minimum Gasteiger partial charge on any atom is -0.399 e. The lowest BCUT2D eigenvalue weighted by atomic mass is 9.79. The van der Waals surface area contributed by atoms with Gasteiger partial charge in [-0.15, -0.1) is 0 Å². The molecule has 4 nitrogen and oxygen atoms in total. The second-order valence-electron chi connectivity index (χ2n) is 9.42. The van der Waals surface area contributed by atoms with Crippen LogP contribution >= 0.6 is 0 Å². The van der Waals surface area contributed by atoms with E-state index in [1.165, 1.54) is 10.6 Å². The summed E-state index contributed by atoms with van der Waals surface area (Å²) in [5.74, 6) is -0.0150. The van der Waals surface area contributed by atoms with Crippen molar-refractivity contribution in [3.05, 3.63) is 70.4 Å². The van der Waals surface area contributed by atoms with E-state index in [0.717, 1.165) is 23.9 Å². The van der Waals surface area contributed by atoms with Crippen molar-refractivity contribution in [2.24, 2.45) is 0 Å². The topological polar surface area (TPSA) is 40.5 Å². The molecule has 3 aromatic rings. The molecule has 1 aromatic heterocycles. The van der Waals surface area contributed by atoms with E-state index in [4.69, 9.17) is 9.31 Å². The van der Waals surface area contributed by atoms with Gasteiger partial charge < -0.3 is 9.31 Å². The molecule has 0 atom stereocenters. The minimum atomic E-state index is -0.524. The normalized spacial score (nSPS) is 20.1. The van der Waals surface area contributed by atoms with Crippen LogP contribution in [0.15, 0.2) is 53.5 Å². The third-order valence-electron chi connectivity index (χ3n) is 6.70. The smallest absolute Gasteiger partial charge is 0.399 e. The second kappa shape index (κ2) is 6.53. The Balaban J connectivity index is 1.56. The van der Waals surface area contributed by atoms with E-state index in [0.29, 0.717) is 17.0 Å². The predicted octanol–water partition coefficient (Wildman–Crippen LogP) is 4.31. The van der Waals surface area contributed by atoms with Gasteiger partial charge in [-0.05, 0) is 87.1 Å². The molecular formula is C24H25BFNO3. The van der Waals surface area contributed by atoms with Crippen LogP contribution in [0.5, 0.6) is 0 Å². The van der Waals surface area contributed by atoms with Crippen LogP contribution in [0.3, 0.4) is 0 Å². The first-order valence-corrected chi connectivity index (χ1v) is 10.5. The van der Waals surface area contributed by atoms with E-state index in [1.807, 2.05) is 64.1 Å². The number of rotatable bonds is 3. The molecule has 154 valence electrons. The Morgan fingerprint density at radius 2 is 1.73 bits per heavy atom. The first-order valence-electron chi connectivity index (χ1n) is 10.5. The molecule has 2 heterocycles. The fraction of sp³-hybridized carbons (Fsp3) is 0.375. The molecule has 0 spiro atoms. The molecule has 1 saturated carbocycles. The molecule has 1 aliphatic carbocycles. The van der Waals surface area contributed by atoms with Gasteiger partial charge in [-0.2, -0.15) is 0 Å². The number of benzene rings is 2. The van der Waals surface area contributed by atoms with Crippen molar-refractivity contribution in [2.45, 2.75) is 57.7 Å². The molecule has 0 radical (unpaired) electrons. The quantitative estimate of drug-likeness (QED) is 0.610. The molecule has 0 N–H and O–H groups in total. The maximum absolute atomic E-state index is 14.8. The Morgan fingerprint density at radius 1 is 1.03 bits per heavy atom. The maximum Gasteiger partial charge on any atom is 0.494 e. The average Bonchev–Trinajstić information content (AvgIpc) is 3.49. The van der Waals surface area contributed by atoms with E-state index in [-0.39, 0.29) is 10.9 Å². The fourth-order valence-corrected chi connectivity index (χ4v) is 4.01. The van der Waals surface area contributed by atoms with Crippen molar-refractivity contribution < 1.29 is 13.7 Å². The van der Waals surface area contributed by atoms with Crippen LogP contribution in [0.2, 0.25) is 0 Å². The molecule has 0 bridgehead atoms. The molecule has 5 rings (SSSR count). The lowest BCUT2D eigenvalue weighted by Crippen LogP contribution is -2.41. The summed E-state index contributed by atoms with van der Waals surface area (Å²) >= 11 is 0. The van der Waals surface area contributed by atoms with Crippen molar-refractivity contribution in [2.75, 3.05) is 0 Å². The van der Waals surface area contributed by atoms with Crippen molar-refractivity contribution in [3.8, 4) is 5.69 Å². The molecule has 30 heavy (non-hydrogen) atoms. The van der Waals surface area contributed by atoms with Crippen molar-refractivity contribution in [1.82, 2.24) is 4.57 Å². The molecular weight excluding hydrogens is 380 g/mol. The van der Waals surface area contributed by atoms with Gasteiger partial charge in [-0.25, -0.2) is 4.39 Å². The largest absolute Gasteiger partial charge is 0.494 e. The van der Waals surface area contributed by atoms with Crippen LogP contribution < -0.4 is 11.0 Å². The van der Waals surface area contributed by atoms with Crippen LogP contribution in [0, 0.1) is 5.82 Å². The van der Waals surface area contributed by atoms with E-state index in [9.17, 15) is 9.18 Å². The lowest BCUT2D eigenvalue weighted by Gasteiger charge is -2.32. The zero-order valence-corrected chi connectivity index (χ0v) is 17.7. The summed E-state index contributed by atoms with van der Waals surface area (Å²) in [4.78, 5) is 13.1. The maximum atomic E-state index is 14.8. The van der Waals surface area contributed by atoms with Gasteiger partial charge in [0.25, 0.3) is 5.56 Å². The summed E-state index contributed by atoms with van der Waals surface area (Å²) in [6, 6.07) is 12.8. The Labute approximate surface area is 175 Å². The van der Waals surface area contributed by atoms with E-state index < -0.39 is 24.1 Å². The van der Waals surface area contributed by atoms with Crippen molar-refractivity contribution in [3.63, 3.8) is 0 Å². The number of nitrogens with zero attached hydrogens (tertiary/aromatic N) is 1. The zero-order chi connectivity index (χ0) is 21.3. The molecule has 2 aliphatic rings. The molecule has 0 amide bonds. The van der Waals surface area contributed by atoms with E-state index in [1.54, 1.807) is 6.20 Å². The highest BCUT2D eigenvalue weighted by Crippen LogP contribution is 2.41. The molecule has 1 saturated heterocycles. The van der Waals surface area contributed by atoms with Gasteiger partial charge in [0, 0.05) is 11.9 Å². The first-order chi connectivity index (χ1) is 14.2. The Bertz CT molecular complexity index is 1200. The average molecular weight is 405 g/mol. The number of hydrogen-bond donors (Lipinski definition) is 0. The lowest BCUT2D eigenvalue weighted by molar-refractivity contribution is 0.00578. The molecule has 2 aromatic carbocycles. The summed E-state index contributed by atoms with van der Waals surface area (Å²) in [5, 5.41) is 0.781. The number of aromatic nitrogens is 1. The third-order valence-corrected chi connectivity index (χ3v) is 6.70. The number of hydrogen-bond acceptors (Lipinski definition) is 3. The summed E-state index contributed by atoms with van der Waals surface area (Å²) in [6.45, 7) is 8.01. The van der Waals surface area contributed by atoms with Crippen LogP contribution in [0.1, 0.15) is 52.0 Å². The van der Waals surface area contributed by atoms with Gasteiger partial charge in [0.05, 0.1) is 16.6 Å². The SMILES string of the molecule is CC1(C)OB(c2cccc(-n3ccc4cc(C5CC5)cc(F)c4c3=O)c2)OC1(C)C. The van der Waals surface area contributed by atoms with E-state index >= 15 is 0 Å². The first kappa shape index (κ1) is 19.5. The number of pyridine rings is 1. The van der Waals surface area contributed by atoms with Gasteiger partial charge in [-0.1, -0.05) is 18.2 Å². The molecule has 2 fully saturated rings. The minimum absolute atomic E-state index is 0.128. The highest BCUT2D eigenvalue weighted by molar-refractivity contribution is 6.62. The van der Waals surface area contributed by atoms with Crippen LogP contribution in [0.25, 0.3) is 16.5 Å². The van der Waals surface area contributed by atoms with Gasteiger partial charge in [0.15, 0.2) is 0 Å². The Kier molecular flexibility index (Phi) is 4.25. The van der Waals surface area contributed by atoms with E-state index in [2.05, 4.69) is 0 Å². The van der Waals surface area contributed by atoms with Gasteiger partial charge >= 0.3 is 7.12 Å². The van der Waals surface area contributed by atoms with Crippen molar-refractivity contribution in [1.29, 1.82) is 0 Å². The monoisotopic (exact) mass is 405 g/mol. The highest BCUT2D eigenvalue weighted by Gasteiger charge is 2.51. The Morgan fingerprint density at radius 3 is 2.40 bits per heavy atom. The molecule has 1 aliphatic heterocycles. The summed E-state index contributed by atoms with van der Waals surface area (Å²) in [6.07, 6.45) is 3.89. The zero-order valence-electron chi connectivity index (χ0n) is 17.7.